The van der Waals surface area contributed by atoms with Crippen molar-refractivity contribution in [2.24, 2.45) is 4.99 Å². The first kappa shape index (κ1) is 15.0. The summed E-state index contributed by atoms with van der Waals surface area (Å²) in [5, 5.41) is 2.39. The summed E-state index contributed by atoms with van der Waals surface area (Å²) >= 11 is 4.49. The highest BCUT2D eigenvalue weighted by atomic mass is 127. The van der Waals surface area contributed by atoms with Crippen molar-refractivity contribution in [3.63, 3.8) is 0 Å². The molecule has 0 bridgehead atoms. The zero-order valence-corrected chi connectivity index (χ0v) is 11.0. The molecule has 0 rings (SSSR count). The van der Waals surface area contributed by atoms with Gasteiger partial charge in [0, 0.05) is 0 Å². The fourth-order valence-electron chi connectivity index (χ4n) is 0.877. The van der Waals surface area contributed by atoms with E-state index in [4.69, 9.17) is 0 Å². The summed E-state index contributed by atoms with van der Waals surface area (Å²) in [5.74, 6) is 0. The molecular weight excluding hydrogens is 283 g/mol. The number of hydrogen-bond acceptors (Lipinski definition) is 2. The van der Waals surface area contributed by atoms with E-state index in [0.29, 0.717) is 0 Å². The lowest BCUT2D eigenvalue weighted by atomic mass is 10.4. The molecule has 0 heterocycles. The second kappa shape index (κ2) is 8.10. The van der Waals surface area contributed by atoms with E-state index < -0.39 is 0 Å². The van der Waals surface area contributed by atoms with Crippen LogP contribution in [-0.4, -0.2) is 42.9 Å². The summed E-state index contributed by atoms with van der Waals surface area (Å²) in [6.45, 7) is 8.58. The molecule has 0 aromatic heterocycles. The van der Waals surface area contributed by atoms with Gasteiger partial charge in [-0.15, -0.1) is 0 Å². The minimum Gasteiger partial charge on any atom is -1.00 e. The number of nitrogens with zero attached hydrogens (tertiary/aromatic N) is 2. The first-order chi connectivity index (χ1) is 5.18. The Kier molecular flexibility index (Phi) is 10.1. The van der Waals surface area contributed by atoms with Gasteiger partial charge in [-0.2, -0.15) is 0 Å². The van der Waals surface area contributed by atoms with Gasteiger partial charge in [0.15, 0.2) is 0 Å². The van der Waals surface area contributed by atoms with Crippen LogP contribution in [0.4, 0.5) is 0 Å². The van der Waals surface area contributed by atoms with Gasteiger partial charge in [-0.1, -0.05) is 0 Å². The maximum atomic E-state index is 4.49. The predicted molar refractivity (Wildman–Crippen MR) is 52.0 cm³/mol. The summed E-state index contributed by atoms with van der Waals surface area (Å²) in [4.78, 5) is 3.90. The van der Waals surface area contributed by atoms with Crippen LogP contribution < -0.4 is 24.0 Å². The van der Waals surface area contributed by atoms with Crippen LogP contribution in [0.2, 0.25) is 0 Å². The number of isothiocyanates is 1. The van der Waals surface area contributed by atoms with E-state index >= 15 is 0 Å². The molecule has 2 nitrogen and oxygen atoms in total. The lowest BCUT2D eigenvalue weighted by molar-refractivity contribution is -0.904. The number of likely N-dealkylation sites (N-methyl/N-ethyl adjacent to an activating group) is 1. The number of thiocarbonyl (C=S) groups is 1. The van der Waals surface area contributed by atoms with Gasteiger partial charge in [0.05, 0.1) is 38.4 Å². The standard InChI is InChI=1S/C8H17N2S.HI/c1-4-10(3,5-2)7-6-9-8-11;/h4-7H2,1-3H3;1H/q+1;/p-1. The van der Waals surface area contributed by atoms with Crippen LogP contribution in [0.5, 0.6) is 0 Å². The number of rotatable bonds is 5. The molecule has 4 heteroatoms. The van der Waals surface area contributed by atoms with E-state index in [1.807, 2.05) is 0 Å². The average Bonchev–Trinajstić information content (AvgIpc) is 2.05. The molecule has 0 N–H and O–H groups in total. The number of halogens is 1. The van der Waals surface area contributed by atoms with E-state index in [-0.39, 0.29) is 24.0 Å². The summed E-state index contributed by atoms with van der Waals surface area (Å²) < 4.78 is 1.07. The third-order valence-corrected chi connectivity index (χ3v) is 2.47. The van der Waals surface area contributed by atoms with Crippen LogP contribution >= 0.6 is 12.2 Å². The summed E-state index contributed by atoms with van der Waals surface area (Å²) in [5.41, 5.74) is 0. The highest BCUT2D eigenvalue weighted by Gasteiger charge is 2.14. The van der Waals surface area contributed by atoms with Crippen molar-refractivity contribution in [2.75, 3.05) is 33.2 Å². The zero-order chi connectivity index (χ0) is 8.74. The second-order valence-corrected chi connectivity index (χ2v) is 3.13. The third kappa shape index (κ3) is 6.06. The molecule has 72 valence electrons. The second-order valence-electron chi connectivity index (χ2n) is 2.95. The van der Waals surface area contributed by atoms with Gasteiger partial charge in [0.2, 0.25) is 0 Å². The van der Waals surface area contributed by atoms with Gasteiger partial charge in [-0.3, -0.25) is 0 Å². The fourth-order valence-corrected chi connectivity index (χ4v) is 0.968. The molecule has 0 amide bonds. The van der Waals surface area contributed by atoms with Crippen molar-refractivity contribution in [3.05, 3.63) is 0 Å². The monoisotopic (exact) mass is 300 g/mol. The van der Waals surface area contributed by atoms with Crippen molar-refractivity contribution >= 4 is 17.4 Å². The van der Waals surface area contributed by atoms with Crippen LogP contribution in [0, 0.1) is 0 Å². The van der Waals surface area contributed by atoms with Crippen molar-refractivity contribution < 1.29 is 28.5 Å². The Morgan fingerprint density at radius 2 is 1.83 bits per heavy atom. The van der Waals surface area contributed by atoms with Crippen molar-refractivity contribution in [1.82, 2.24) is 0 Å². The van der Waals surface area contributed by atoms with Gasteiger partial charge in [-0.05, 0) is 26.1 Å². The molecule has 0 spiro atoms. The SMILES string of the molecule is CC[N+](C)(CC)CCN=C=S.[I-]. The van der Waals surface area contributed by atoms with E-state index in [1.165, 1.54) is 0 Å². The Morgan fingerprint density at radius 1 is 1.33 bits per heavy atom. The van der Waals surface area contributed by atoms with Crippen molar-refractivity contribution in [1.29, 1.82) is 0 Å². The molecule has 0 aliphatic heterocycles. The summed E-state index contributed by atoms with van der Waals surface area (Å²) in [7, 11) is 2.24. The molecule has 0 aromatic rings. The molecule has 0 aliphatic rings. The van der Waals surface area contributed by atoms with E-state index in [1.54, 1.807) is 0 Å². The number of quaternary nitrogens is 1. The van der Waals surface area contributed by atoms with Gasteiger partial charge >= 0.3 is 0 Å². The molecule has 0 aromatic carbocycles. The average molecular weight is 300 g/mol. The van der Waals surface area contributed by atoms with E-state index in [9.17, 15) is 0 Å². The van der Waals surface area contributed by atoms with Crippen LogP contribution in [0.15, 0.2) is 4.99 Å². The topological polar surface area (TPSA) is 12.4 Å². The molecule has 0 unspecified atom stereocenters. The van der Waals surface area contributed by atoms with Gasteiger partial charge in [0.25, 0.3) is 0 Å². The minimum absolute atomic E-state index is 0. The van der Waals surface area contributed by atoms with E-state index in [0.717, 1.165) is 30.7 Å². The Bertz CT molecular complexity index is 151. The fraction of sp³-hybridized carbons (Fsp3) is 0.875. The molecule has 0 saturated heterocycles. The third-order valence-electron chi connectivity index (χ3n) is 2.34. The molecule has 0 radical (unpaired) electrons. The smallest absolute Gasteiger partial charge is 0.0991 e. The maximum Gasteiger partial charge on any atom is 0.0991 e. The Morgan fingerprint density at radius 3 is 2.17 bits per heavy atom. The first-order valence-electron chi connectivity index (χ1n) is 4.05. The maximum absolute atomic E-state index is 4.49. The molecule has 0 saturated carbocycles. The van der Waals surface area contributed by atoms with Crippen molar-refractivity contribution in [3.8, 4) is 0 Å². The van der Waals surface area contributed by atoms with Crippen LogP contribution in [0.25, 0.3) is 0 Å². The minimum atomic E-state index is 0. The Labute approximate surface area is 97.7 Å². The Balaban J connectivity index is 0. The van der Waals surface area contributed by atoms with Gasteiger partial charge in [-0.25, -0.2) is 4.99 Å². The zero-order valence-electron chi connectivity index (χ0n) is 8.01. The number of hydrogen-bond donors (Lipinski definition) is 0. The van der Waals surface area contributed by atoms with Crippen LogP contribution in [-0.2, 0) is 0 Å². The summed E-state index contributed by atoms with van der Waals surface area (Å²) in [6.07, 6.45) is 0. The summed E-state index contributed by atoms with van der Waals surface area (Å²) in [6, 6.07) is 0. The molecule has 0 atom stereocenters. The molecule has 0 aliphatic carbocycles. The van der Waals surface area contributed by atoms with Crippen LogP contribution in [0.1, 0.15) is 13.8 Å². The first-order valence-corrected chi connectivity index (χ1v) is 4.46. The van der Waals surface area contributed by atoms with Crippen LogP contribution in [0.3, 0.4) is 0 Å². The highest BCUT2D eigenvalue weighted by Crippen LogP contribution is 1.99. The highest BCUT2D eigenvalue weighted by molar-refractivity contribution is 7.78. The largest absolute Gasteiger partial charge is 1.00 e. The van der Waals surface area contributed by atoms with Gasteiger partial charge in [0.1, 0.15) is 0 Å². The molecule has 0 fully saturated rings. The normalized spacial score (nSPS) is 9.92. The predicted octanol–water partition coefficient (Wildman–Crippen LogP) is -1.42. The number of aliphatic imine (C=N–C) groups is 1. The quantitative estimate of drug-likeness (QED) is 0.263. The lowest BCUT2D eigenvalue weighted by Crippen LogP contribution is -3.00. The van der Waals surface area contributed by atoms with Crippen molar-refractivity contribution in [2.45, 2.75) is 13.8 Å². The van der Waals surface area contributed by atoms with Gasteiger partial charge < -0.3 is 28.5 Å². The molecular formula is C8H17IN2S. The lowest BCUT2D eigenvalue weighted by Gasteiger charge is -2.31. The Hall–Kier alpha value is 0.490. The van der Waals surface area contributed by atoms with E-state index in [2.05, 4.69) is 43.3 Å². The molecule has 12 heavy (non-hydrogen) atoms.